The van der Waals surface area contributed by atoms with Gasteiger partial charge in [0.2, 0.25) is 0 Å². The highest BCUT2D eigenvalue weighted by Crippen LogP contribution is 2.22. The van der Waals surface area contributed by atoms with Crippen LogP contribution in [0, 0.1) is 0 Å². The van der Waals surface area contributed by atoms with Gasteiger partial charge in [-0.1, -0.05) is 11.6 Å². The Morgan fingerprint density at radius 2 is 1.90 bits per heavy atom. The highest BCUT2D eigenvalue weighted by atomic mass is 35.5. The minimum absolute atomic E-state index is 0.00231. The number of carbonyl (C=O) groups is 2. The van der Waals surface area contributed by atoms with Crippen molar-refractivity contribution in [1.29, 1.82) is 0 Å². The summed E-state index contributed by atoms with van der Waals surface area (Å²) >= 11 is 5.79. The van der Waals surface area contributed by atoms with Crippen LogP contribution in [0.3, 0.4) is 0 Å². The van der Waals surface area contributed by atoms with Gasteiger partial charge in [-0.15, -0.1) is 0 Å². The summed E-state index contributed by atoms with van der Waals surface area (Å²) in [6.45, 7) is 0.322. The van der Waals surface area contributed by atoms with E-state index in [2.05, 4.69) is 0 Å². The Morgan fingerprint density at radius 3 is 2.45 bits per heavy atom. The molecule has 0 heterocycles. The molecule has 20 heavy (non-hydrogen) atoms. The summed E-state index contributed by atoms with van der Waals surface area (Å²) in [5.74, 6) is -1.90. The molecule has 2 N–H and O–H groups in total. The van der Waals surface area contributed by atoms with E-state index in [0.29, 0.717) is 11.6 Å². The van der Waals surface area contributed by atoms with Crippen molar-refractivity contribution in [2.24, 2.45) is 0 Å². The summed E-state index contributed by atoms with van der Waals surface area (Å²) in [4.78, 5) is 26.1. The van der Waals surface area contributed by atoms with Gasteiger partial charge < -0.3 is 20.0 Å². The zero-order chi connectivity index (χ0) is 15.3. The van der Waals surface area contributed by atoms with Crippen molar-refractivity contribution in [3.05, 3.63) is 28.8 Å². The van der Waals surface area contributed by atoms with E-state index in [1.165, 1.54) is 18.2 Å². The number of hydrogen-bond acceptors (Lipinski definition) is 4. The number of aliphatic carboxylic acids is 1. The number of nitrogens with zero attached hydrogens (tertiary/aromatic N) is 2. The third kappa shape index (κ3) is 4.71. The first-order chi connectivity index (χ1) is 9.31. The molecule has 0 aliphatic carbocycles. The highest BCUT2D eigenvalue weighted by Gasteiger charge is 2.21. The van der Waals surface area contributed by atoms with Crippen LogP contribution in [0.2, 0.25) is 5.02 Å². The predicted octanol–water partition coefficient (Wildman–Crippen LogP) is 1.13. The van der Waals surface area contributed by atoms with Crippen LogP contribution in [0.4, 0.5) is 0 Å². The molecule has 0 unspecified atom stereocenters. The lowest BCUT2D eigenvalue weighted by molar-refractivity contribution is -0.137. The third-order valence-corrected chi connectivity index (χ3v) is 2.85. The van der Waals surface area contributed by atoms with Gasteiger partial charge in [0.25, 0.3) is 5.91 Å². The van der Waals surface area contributed by atoms with Gasteiger partial charge in [-0.05, 0) is 32.3 Å². The molecule has 1 amide bonds. The molecule has 6 nitrogen and oxygen atoms in total. The molecule has 0 aromatic heterocycles. The van der Waals surface area contributed by atoms with Gasteiger partial charge in [0, 0.05) is 18.1 Å². The van der Waals surface area contributed by atoms with Crippen molar-refractivity contribution in [3.8, 4) is 5.75 Å². The van der Waals surface area contributed by atoms with Crippen molar-refractivity contribution in [3.63, 3.8) is 0 Å². The number of likely N-dealkylation sites (N-methyl/N-ethyl adjacent to an activating group) is 1. The van der Waals surface area contributed by atoms with E-state index in [9.17, 15) is 14.7 Å². The van der Waals surface area contributed by atoms with Gasteiger partial charge in [0.1, 0.15) is 12.3 Å². The number of halogens is 1. The normalized spacial score (nSPS) is 10.6. The fourth-order valence-electron chi connectivity index (χ4n) is 1.59. The fraction of sp³-hybridized carbons (Fsp3) is 0.385. The van der Waals surface area contributed by atoms with Crippen LogP contribution >= 0.6 is 11.6 Å². The predicted molar refractivity (Wildman–Crippen MR) is 75.2 cm³/mol. The first-order valence-electron chi connectivity index (χ1n) is 5.95. The summed E-state index contributed by atoms with van der Waals surface area (Å²) in [6, 6.07) is 4.08. The molecule has 0 bridgehead atoms. The quantitative estimate of drug-likeness (QED) is 0.823. The molecule has 110 valence electrons. The lowest BCUT2D eigenvalue weighted by Crippen LogP contribution is -2.40. The average molecular weight is 301 g/mol. The van der Waals surface area contributed by atoms with Crippen LogP contribution in [0.25, 0.3) is 0 Å². The van der Waals surface area contributed by atoms with E-state index in [1.807, 2.05) is 19.0 Å². The standard InChI is InChI=1S/C13H17ClN2O4/c1-15(2)5-6-16(8-12(18)19)13(20)10-7-9(14)3-4-11(10)17/h3-4,7,17H,5-6,8H2,1-2H3,(H,18,19). The van der Waals surface area contributed by atoms with Gasteiger partial charge in [-0.25, -0.2) is 0 Å². The maximum atomic E-state index is 12.3. The third-order valence-electron chi connectivity index (χ3n) is 2.62. The number of benzene rings is 1. The van der Waals surface area contributed by atoms with Crippen LogP contribution in [0.5, 0.6) is 5.75 Å². The van der Waals surface area contributed by atoms with E-state index in [1.54, 1.807) is 0 Å². The summed E-state index contributed by atoms with van der Waals surface area (Å²) in [5.41, 5.74) is -0.00231. The van der Waals surface area contributed by atoms with Gasteiger partial charge in [-0.3, -0.25) is 9.59 Å². The maximum Gasteiger partial charge on any atom is 0.323 e. The number of amides is 1. The number of carboxylic acids is 1. The Balaban J connectivity index is 2.96. The smallest absolute Gasteiger partial charge is 0.323 e. The molecule has 0 radical (unpaired) electrons. The van der Waals surface area contributed by atoms with E-state index in [-0.39, 0.29) is 17.9 Å². The number of phenolic OH excluding ortho intramolecular Hbond substituents is 1. The second kappa shape index (κ2) is 7.12. The molecular formula is C13H17ClN2O4. The Morgan fingerprint density at radius 1 is 1.25 bits per heavy atom. The molecule has 1 aromatic carbocycles. The minimum Gasteiger partial charge on any atom is -0.507 e. The van der Waals surface area contributed by atoms with Crippen molar-refractivity contribution >= 4 is 23.5 Å². The second-order valence-corrected chi connectivity index (χ2v) is 5.02. The van der Waals surface area contributed by atoms with Crippen LogP contribution in [0.15, 0.2) is 18.2 Å². The first-order valence-corrected chi connectivity index (χ1v) is 6.33. The summed E-state index contributed by atoms with van der Waals surface area (Å²) in [6.07, 6.45) is 0. The van der Waals surface area contributed by atoms with Crippen LogP contribution in [0.1, 0.15) is 10.4 Å². The molecule has 0 saturated heterocycles. The summed E-state index contributed by atoms with van der Waals surface area (Å²) < 4.78 is 0. The molecular weight excluding hydrogens is 284 g/mol. The molecule has 0 fully saturated rings. The molecule has 0 aliphatic heterocycles. The largest absolute Gasteiger partial charge is 0.507 e. The number of carboxylic acid groups (broad SMARTS) is 1. The van der Waals surface area contributed by atoms with Crippen molar-refractivity contribution < 1.29 is 19.8 Å². The maximum absolute atomic E-state index is 12.3. The molecule has 0 aliphatic rings. The molecule has 7 heteroatoms. The average Bonchev–Trinajstić information content (AvgIpc) is 2.36. The zero-order valence-electron chi connectivity index (χ0n) is 11.3. The lowest BCUT2D eigenvalue weighted by Gasteiger charge is -2.23. The van der Waals surface area contributed by atoms with Gasteiger partial charge >= 0.3 is 5.97 Å². The topological polar surface area (TPSA) is 81.1 Å². The fourth-order valence-corrected chi connectivity index (χ4v) is 1.76. The second-order valence-electron chi connectivity index (χ2n) is 4.59. The van der Waals surface area contributed by atoms with E-state index >= 15 is 0 Å². The SMILES string of the molecule is CN(C)CCN(CC(=O)O)C(=O)c1cc(Cl)ccc1O. The van der Waals surface area contributed by atoms with E-state index < -0.39 is 18.4 Å². The number of rotatable bonds is 6. The van der Waals surface area contributed by atoms with Crippen molar-refractivity contribution in [2.75, 3.05) is 33.7 Å². The lowest BCUT2D eigenvalue weighted by atomic mass is 10.1. The molecule has 1 rings (SSSR count). The zero-order valence-corrected chi connectivity index (χ0v) is 12.1. The highest BCUT2D eigenvalue weighted by molar-refractivity contribution is 6.31. The number of carbonyl (C=O) groups excluding carboxylic acids is 1. The Kier molecular flexibility index (Phi) is 5.79. The molecule has 0 saturated carbocycles. The molecule has 0 spiro atoms. The summed E-state index contributed by atoms with van der Waals surface area (Å²) in [7, 11) is 3.64. The van der Waals surface area contributed by atoms with Crippen LogP contribution < -0.4 is 0 Å². The number of phenols is 1. The number of hydrogen-bond donors (Lipinski definition) is 2. The van der Waals surface area contributed by atoms with E-state index in [4.69, 9.17) is 16.7 Å². The first kappa shape index (κ1) is 16.3. The molecule has 1 aromatic rings. The number of aromatic hydroxyl groups is 1. The van der Waals surface area contributed by atoms with E-state index in [0.717, 1.165) is 4.90 Å². The Bertz CT molecular complexity index is 505. The van der Waals surface area contributed by atoms with Crippen molar-refractivity contribution in [1.82, 2.24) is 9.80 Å². The monoisotopic (exact) mass is 300 g/mol. The Hall–Kier alpha value is -1.79. The van der Waals surface area contributed by atoms with Crippen LogP contribution in [-0.4, -0.2) is 65.6 Å². The summed E-state index contributed by atoms with van der Waals surface area (Å²) in [5, 5.41) is 18.9. The molecule has 0 atom stereocenters. The van der Waals surface area contributed by atoms with Crippen LogP contribution in [-0.2, 0) is 4.79 Å². The van der Waals surface area contributed by atoms with Gasteiger partial charge in [0.15, 0.2) is 0 Å². The Labute approximate surface area is 122 Å². The van der Waals surface area contributed by atoms with Gasteiger partial charge in [0.05, 0.1) is 5.56 Å². The van der Waals surface area contributed by atoms with Gasteiger partial charge in [-0.2, -0.15) is 0 Å². The minimum atomic E-state index is -1.11. The van der Waals surface area contributed by atoms with Crippen molar-refractivity contribution in [2.45, 2.75) is 0 Å².